The summed E-state index contributed by atoms with van der Waals surface area (Å²) in [6.45, 7) is 1.47. The van der Waals surface area contributed by atoms with Gasteiger partial charge < -0.3 is 14.6 Å². The number of carboxylic acid groups (broad SMARTS) is 1. The Morgan fingerprint density at radius 1 is 1.27 bits per heavy atom. The van der Waals surface area contributed by atoms with Crippen molar-refractivity contribution < 1.29 is 32.6 Å². The maximum atomic E-state index is 12.3. The summed E-state index contributed by atoms with van der Waals surface area (Å²) in [6.07, 6.45) is 0. The Balaban J connectivity index is 2.13. The summed E-state index contributed by atoms with van der Waals surface area (Å²) in [5.74, 6) is -1.48. The number of carbonyl (C=O) groups excluding carboxylic acids is 1. The highest BCUT2D eigenvalue weighted by atomic mass is 32.3. The van der Waals surface area contributed by atoms with Crippen LogP contribution < -0.4 is 19.5 Å². The molecule has 1 atom stereocenters. The Kier molecular flexibility index (Phi) is 5.89. The zero-order chi connectivity index (χ0) is 19.5. The van der Waals surface area contributed by atoms with Gasteiger partial charge in [0.1, 0.15) is 0 Å². The summed E-state index contributed by atoms with van der Waals surface area (Å²) < 4.78 is 36.7. The van der Waals surface area contributed by atoms with E-state index in [0.29, 0.717) is 21.2 Å². The number of hydrogen-bond donors (Lipinski definition) is 3. The summed E-state index contributed by atoms with van der Waals surface area (Å²) in [4.78, 5) is 30.9. The van der Waals surface area contributed by atoms with Gasteiger partial charge in [-0.15, -0.1) is 3.71 Å². The number of amides is 2. The lowest BCUT2D eigenvalue weighted by Crippen LogP contribution is -2.47. The van der Waals surface area contributed by atoms with E-state index < -0.39 is 28.3 Å². The molecule has 0 saturated carbocycles. The molecule has 1 aromatic heterocycles. The highest BCUT2D eigenvalue weighted by Gasteiger charge is 2.41. The molecule has 14 heteroatoms. The van der Waals surface area contributed by atoms with E-state index in [4.69, 9.17) is 14.6 Å². The highest BCUT2D eigenvalue weighted by Crippen LogP contribution is 2.32. The van der Waals surface area contributed by atoms with Crippen LogP contribution in [0.5, 0.6) is 11.8 Å². The molecule has 0 radical (unpaired) electrons. The Hall–Kier alpha value is -2.58. The standard InChI is InChI=1S/C12H15N5O7S2/c1-6-5-25-17(9(6)10(18)19)26(21,22)16-12(20)15-11-13-7(23-2)4-8(14-11)24-3/h4-5,9H,1-3H3,(H,18,19)(H2,13,14,15,16,20). The van der Waals surface area contributed by atoms with Gasteiger partial charge in [-0.3, -0.25) is 10.1 Å². The number of carbonyl (C=O) groups is 2. The van der Waals surface area contributed by atoms with Crippen LogP contribution in [0.3, 0.4) is 0 Å². The van der Waals surface area contributed by atoms with Crippen molar-refractivity contribution >= 4 is 40.1 Å². The molecule has 1 aliphatic heterocycles. The number of urea groups is 1. The first kappa shape index (κ1) is 19.7. The lowest BCUT2D eigenvalue weighted by atomic mass is 10.2. The summed E-state index contributed by atoms with van der Waals surface area (Å²) >= 11 is 0.643. The third-order valence-corrected chi connectivity index (χ3v) is 5.87. The number of nitrogens with one attached hydrogen (secondary N) is 2. The monoisotopic (exact) mass is 405 g/mol. The number of aliphatic carboxylic acids is 1. The lowest BCUT2D eigenvalue weighted by Gasteiger charge is -2.20. The average molecular weight is 405 g/mol. The van der Waals surface area contributed by atoms with Gasteiger partial charge in [-0.2, -0.15) is 18.4 Å². The molecule has 2 heterocycles. The van der Waals surface area contributed by atoms with Gasteiger partial charge in [0.15, 0.2) is 6.04 Å². The van der Waals surface area contributed by atoms with Gasteiger partial charge in [0.05, 0.1) is 20.3 Å². The Labute approximate surface area is 152 Å². The minimum atomic E-state index is -4.45. The minimum Gasteiger partial charge on any atom is -0.481 e. The topological polar surface area (TPSA) is 160 Å². The number of methoxy groups -OCH3 is 2. The van der Waals surface area contributed by atoms with Crippen LogP contribution >= 0.6 is 11.9 Å². The van der Waals surface area contributed by atoms with Crippen LogP contribution in [0.2, 0.25) is 0 Å². The van der Waals surface area contributed by atoms with Crippen molar-refractivity contribution in [3.8, 4) is 11.8 Å². The fourth-order valence-corrected chi connectivity index (χ4v) is 4.25. The number of ether oxygens (including phenoxy) is 2. The van der Waals surface area contributed by atoms with E-state index >= 15 is 0 Å². The lowest BCUT2D eigenvalue weighted by molar-refractivity contribution is -0.139. The second-order valence-corrected chi connectivity index (χ2v) is 7.42. The number of rotatable bonds is 6. The highest BCUT2D eigenvalue weighted by molar-refractivity contribution is 8.10. The zero-order valence-corrected chi connectivity index (χ0v) is 15.4. The maximum absolute atomic E-state index is 12.3. The van der Waals surface area contributed by atoms with Gasteiger partial charge in [-0.25, -0.2) is 9.52 Å². The molecule has 3 N–H and O–H groups in total. The summed E-state index contributed by atoms with van der Waals surface area (Å²) in [5, 5.41) is 12.6. The van der Waals surface area contributed by atoms with Crippen LogP contribution in [0.4, 0.5) is 10.7 Å². The fraction of sp³-hybridized carbons (Fsp3) is 0.333. The fourth-order valence-electron chi connectivity index (χ4n) is 1.87. The summed E-state index contributed by atoms with van der Waals surface area (Å²) in [7, 11) is -1.78. The Morgan fingerprint density at radius 2 is 1.85 bits per heavy atom. The van der Waals surface area contributed by atoms with Crippen molar-refractivity contribution in [3.63, 3.8) is 0 Å². The van der Waals surface area contributed by atoms with E-state index in [9.17, 15) is 18.0 Å². The molecule has 1 aliphatic rings. The normalized spacial score (nSPS) is 17.3. The molecule has 0 fully saturated rings. The number of aromatic nitrogens is 2. The molecule has 26 heavy (non-hydrogen) atoms. The van der Waals surface area contributed by atoms with E-state index in [2.05, 4.69) is 15.3 Å². The van der Waals surface area contributed by atoms with E-state index in [-0.39, 0.29) is 17.7 Å². The van der Waals surface area contributed by atoms with Gasteiger partial charge in [-0.05, 0) is 29.9 Å². The SMILES string of the molecule is COc1cc(OC)nc(NC(=O)NS(=O)(=O)N2SC=C(C)C2C(=O)O)n1. The molecular weight excluding hydrogens is 390 g/mol. The molecule has 2 rings (SSSR count). The van der Waals surface area contributed by atoms with Gasteiger partial charge in [0, 0.05) is 0 Å². The Morgan fingerprint density at radius 3 is 2.35 bits per heavy atom. The first-order chi connectivity index (χ1) is 12.2. The van der Waals surface area contributed by atoms with E-state index in [1.807, 2.05) is 0 Å². The van der Waals surface area contributed by atoms with Crippen LogP contribution in [0.1, 0.15) is 6.92 Å². The number of anilines is 1. The molecular formula is C12H15N5O7S2. The van der Waals surface area contributed by atoms with E-state index in [1.165, 1.54) is 32.6 Å². The maximum Gasteiger partial charge on any atom is 0.336 e. The van der Waals surface area contributed by atoms with Crippen LogP contribution in [0, 0.1) is 0 Å². The van der Waals surface area contributed by atoms with Gasteiger partial charge in [0.2, 0.25) is 17.7 Å². The Bertz CT molecular complexity index is 835. The smallest absolute Gasteiger partial charge is 0.336 e. The predicted molar refractivity (Wildman–Crippen MR) is 90.8 cm³/mol. The van der Waals surface area contributed by atoms with Gasteiger partial charge in [0.25, 0.3) is 0 Å². The number of nitrogens with zero attached hydrogens (tertiary/aromatic N) is 3. The van der Waals surface area contributed by atoms with Crippen molar-refractivity contribution in [1.29, 1.82) is 0 Å². The summed E-state index contributed by atoms with van der Waals surface area (Å²) in [6, 6.07) is -1.25. The van der Waals surface area contributed by atoms with Crippen molar-refractivity contribution in [1.82, 2.24) is 18.4 Å². The molecule has 0 aliphatic carbocycles. The largest absolute Gasteiger partial charge is 0.481 e. The molecule has 12 nitrogen and oxygen atoms in total. The van der Waals surface area contributed by atoms with Gasteiger partial charge in [-0.1, -0.05) is 0 Å². The van der Waals surface area contributed by atoms with Crippen LogP contribution in [0.15, 0.2) is 17.0 Å². The zero-order valence-electron chi connectivity index (χ0n) is 13.8. The van der Waals surface area contributed by atoms with E-state index in [1.54, 1.807) is 4.72 Å². The summed E-state index contributed by atoms with van der Waals surface area (Å²) in [5.41, 5.74) is 0.314. The molecule has 142 valence electrons. The molecule has 1 aromatic rings. The number of hydrogen-bond acceptors (Lipinski definition) is 9. The second kappa shape index (κ2) is 7.76. The molecule has 0 spiro atoms. The first-order valence-corrected chi connectivity index (χ1v) is 9.12. The van der Waals surface area contributed by atoms with Crippen LogP contribution in [0.25, 0.3) is 0 Å². The molecule has 1 unspecified atom stereocenters. The van der Waals surface area contributed by atoms with E-state index in [0.717, 1.165) is 0 Å². The average Bonchev–Trinajstić information content (AvgIpc) is 2.96. The minimum absolute atomic E-state index is 0.0795. The van der Waals surface area contributed by atoms with Crippen LogP contribution in [-0.4, -0.2) is 59.5 Å². The van der Waals surface area contributed by atoms with Crippen LogP contribution in [-0.2, 0) is 15.0 Å². The predicted octanol–water partition coefficient (Wildman–Crippen LogP) is 0.181. The molecule has 0 aromatic carbocycles. The van der Waals surface area contributed by atoms with Gasteiger partial charge >= 0.3 is 22.2 Å². The van der Waals surface area contributed by atoms with Crippen molar-refractivity contribution in [3.05, 3.63) is 17.0 Å². The molecule has 0 bridgehead atoms. The number of carboxylic acids is 1. The quantitative estimate of drug-likeness (QED) is 0.557. The third kappa shape index (κ3) is 4.33. The second-order valence-electron chi connectivity index (χ2n) is 4.80. The third-order valence-electron chi connectivity index (χ3n) is 3.00. The molecule has 2 amide bonds. The van der Waals surface area contributed by atoms with Crippen molar-refractivity contribution in [2.24, 2.45) is 0 Å². The first-order valence-electron chi connectivity index (χ1n) is 6.84. The van der Waals surface area contributed by atoms with Crippen molar-refractivity contribution in [2.75, 3.05) is 19.5 Å². The van der Waals surface area contributed by atoms with Crippen molar-refractivity contribution in [2.45, 2.75) is 13.0 Å². The molecule has 0 saturated heterocycles.